The lowest BCUT2D eigenvalue weighted by Crippen LogP contribution is -2.37. The molecule has 164 valence electrons. The highest BCUT2D eigenvalue weighted by Crippen LogP contribution is 2.22. The van der Waals surface area contributed by atoms with Gasteiger partial charge in [0.25, 0.3) is 5.91 Å². The van der Waals surface area contributed by atoms with E-state index in [-0.39, 0.29) is 5.91 Å². The quantitative estimate of drug-likeness (QED) is 0.595. The molecule has 0 unspecified atom stereocenters. The highest BCUT2D eigenvalue weighted by Gasteiger charge is 2.16. The number of aromatic nitrogens is 1. The van der Waals surface area contributed by atoms with Crippen LogP contribution in [0.5, 0.6) is 11.5 Å². The summed E-state index contributed by atoms with van der Waals surface area (Å²) in [6.45, 7) is 3.29. The van der Waals surface area contributed by atoms with E-state index in [1.165, 1.54) is 0 Å². The Kier molecular flexibility index (Phi) is 6.62. The number of benzene rings is 2. The predicted octanol–water partition coefficient (Wildman–Crippen LogP) is 2.74. The maximum Gasteiger partial charge on any atom is 0.251 e. The molecule has 8 heteroatoms. The number of nitrogens with zero attached hydrogens (tertiary/aromatic N) is 2. The average molecular weight is 432 g/mol. The number of hydrogen-bond donors (Lipinski definition) is 2. The second-order valence-corrected chi connectivity index (χ2v) is 7.28. The van der Waals surface area contributed by atoms with E-state index in [0.717, 1.165) is 24.5 Å². The third-order valence-electron chi connectivity index (χ3n) is 5.11. The highest BCUT2D eigenvalue weighted by molar-refractivity contribution is 5.94. The third-order valence-corrected chi connectivity index (χ3v) is 5.11. The van der Waals surface area contributed by atoms with Gasteiger partial charge in [-0.05, 0) is 54.6 Å². The lowest BCUT2D eigenvalue weighted by Gasteiger charge is -2.29. The first kappa shape index (κ1) is 21.3. The minimum Gasteiger partial charge on any atom is -0.457 e. The van der Waals surface area contributed by atoms with Crippen LogP contribution >= 0.6 is 0 Å². The van der Waals surface area contributed by atoms with Crippen molar-refractivity contribution < 1.29 is 19.1 Å². The van der Waals surface area contributed by atoms with E-state index in [1.807, 2.05) is 12.1 Å². The fourth-order valence-corrected chi connectivity index (χ4v) is 3.40. The van der Waals surface area contributed by atoms with Crippen LogP contribution in [0.25, 0.3) is 0 Å². The van der Waals surface area contributed by atoms with E-state index in [4.69, 9.17) is 15.2 Å². The molecule has 4 rings (SSSR count). The molecule has 0 bridgehead atoms. The molecular formula is C24H24N4O4. The van der Waals surface area contributed by atoms with E-state index in [1.54, 1.807) is 54.7 Å². The van der Waals surface area contributed by atoms with Crippen LogP contribution < -0.4 is 20.7 Å². The van der Waals surface area contributed by atoms with Gasteiger partial charge in [0.15, 0.2) is 0 Å². The maximum atomic E-state index is 12.6. The zero-order valence-electron chi connectivity index (χ0n) is 17.5. The summed E-state index contributed by atoms with van der Waals surface area (Å²) in [5.74, 6) is 1.35. The minimum atomic E-state index is -0.490. The fourth-order valence-electron chi connectivity index (χ4n) is 3.40. The molecule has 1 aliphatic heterocycles. The van der Waals surface area contributed by atoms with Crippen molar-refractivity contribution in [1.29, 1.82) is 0 Å². The molecule has 0 aliphatic carbocycles. The van der Waals surface area contributed by atoms with E-state index in [0.29, 0.717) is 42.4 Å². The van der Waals surface area contributed by atoms with Crippen LogP contribution in [0, 0.1) is 0 Å². The number of morpholine rings is 1. The average Bonchev–Trinajstić information content (AvgIpc) is 2.84. The molecule has 2 aromatic carbocycles. The summed E-state index contributed by atoms with van der Waals surface area (Å²) in [4.78, 5) is 30.4. The summed E-state index contributed by atoms with van der Waals surface area (Å²) >= 11 is 0. The number of rotatable bonds is 7. The lowest BCUT2D eigenvalue weighted by atomic mass is 10.2. The van der Waals surface area contributed by atoms with Crippen LogP contribution in [0.3, 0.4) is 0 Å². The molecule has 1 aliphatic rings. The molecule has 0 spiro atoms. The number of anilines is 1. The van der Waals surface area contributed by atoms with Crippen molar-refractivity contribution in [2.24, 2.45) is 5.73 Å². The SMILES string of the molecule is NC(=O)c1ccc(Oc2ccc(C(=O)NCc3cccnc3N3CCOCC3)cc2)cc1. The fraction of sp³-hybridized carbons (Fsp3) is 0.208. The standard InChI is InChI=1S/C24H24N4O4/c25-22(29)17-3-7-20(8-4-17)32-21-9-5-18(6-10-21)24(30)27-16-19-2-1-11-26-23(19)28-12-14-31-15-13-28/h1-11H,12-16H2,(H2,25,29)(H,27,30). The summed E-state index contributed by atoms with van der Waals surface area (Å²) in [7, 11) is 0. The Bertz CT molecular complexity index is 1080. The maximum absolute atomic E-state index is 12.6. The van der Waals surface area contributed by atoms with Crippen molar-refractivity contribution in [3.05, 3.63) is 83.6 Å². The largest absolute Gasteiger partial charge is 0.457 e. The molecule has 1 fully saturated rings. The van der Waals surface area contributed by atoms with Crippen molar-refractivity contribution in [3.8, 4) is 11.5 Å². The second kappa shape index (κ2) is 9.93. The Morgan fingerprint density at radius 2 is 1.59 bits per heavy atom. The first-order valence-corrected chi connectivity index (χ1v) is 10.3. The number of carbonyl (C=O) groups excluding carboxylic acids is 2. The van der Waals surface area contributed by atoms with E-state index in [2.05, 4.69) is 15.2 Å². The summed E-state index contributed by atoms with van der Waals surface area (Å²) in [5, 5.41) is 2.96. The molecule has 3 aromatic rings. The lowest BCUT2D eigenvalue weighted by molar-refractivity contribution is 0.0949. The highest BCUT2D eigenvalue weighted by atomic mass is 16.5. The zero-order valence-corrected chi connectivity index (χ0v) is 17.5. The van der Waals surface area contributed by atoms with Crippen molar-refractivity contribution in [3.63, 3.8) is 0 Å². The van der Waals surface area contributed by atoms with Crippen molar-refractivity contribution in [2.75, 3.05) is 31.2 Å². The van der Waals surface area contributed by atoms with Gasteiger partial charge in [-0.3, -0.25) is 9.59 Å². The molecule has 1 saturated heterocycles. The van der Waals surface area contributed by atoms with Crippen LogP contribution in [0.1, 0.15) is 26.3 Å². The Hall–Kier alpha value is -3.91. The number of amides is 2. The molecule has 1 aromatic heterocycles. The molecule has 32 heavy (non-hydrogen) atoms. The normalized spacial score (nSPS) is 13.4. The molecule has 0 saturated carbocycles. The van der Waals surface area contributed by atoms with Crippen LogP contribution in [0.4, 0.5) is 5.82 Å². The molecule has 0 radical (unpaired) electrons. The van der Waals surface area contributed by atoms with Crippen LogP contribution in [-0.4, -0.2) is 43.1 Å². The monoisotopic (exact) mass is 432 g/mol. The van der Waals surface area contributed by atoms with Gasteiger partial charge in [0.2, 0.25) is 5.91 Å². The van der Waals surface area contributed by atoms with E-state index < -0.39 is 5.91 Å². The van der Waals surface area contributed by atoms with Crippen molar-refractivity contribution in [2.45, 2.75) is 6.54 Å². The van der Waals surface area contributed by atoms with Crippen LogP contribution in [0.2, 0.25) is 0 Å². The van der Waals surface area contributed by atoms with E-state index in [9.17, 15) is 9.59 Å². The smallest absolute Gasteiger partial charge is 0.251 e. The number of nitrogens with one attached hydrogen (secondary N) is 1. The molecule has 0 atom stereocenters. The number of pyridine rings is 1. The van der Waals surface area contributed by atoms with Gasteiger partial charge in [0.05, 0.1) is 13.2 Å². The van der Waals surface area contributed by atoms with Gasteiger partial charge in [-0.25, -0.2) is 4.98 Å². The van der Waals surface area contributed by atoms with Crippen molar-refractivity contribution >= 4 is 17.6 Å². The first-order valence-electron chi connectivity index (χ1n) is 10.3. The summed E-state index contributed by atoms with van der Waals surface area (Å²) in [6, 6.07) is 17.2. The Labute approximate surface area is 186 Å². The Morgan fingerprint density at radius 3 is 2.22 bits per heavy atom. The van der Waals surface area contributed by atoms with Gasteiger partial charge in [0.1, 0.15) is 17.3 Å². The summed E-state index contributed by atoms with van der Waals surface area (Å²) in [6.07, 6.45) is 1.76. The first-order chi connectivity index (χ1) is 15.6. The zero-order chi connectivity index (χ0) is 22.3. The number of nitrogens with two attached hydrogens (primary N) is 1. The Morgan fingerprint density at radius 1 is 0.969 bits per heavy atom. The predicted molar refractivity (Wildman–Crippen MR) is 120 cm³/mol. The number of primary amides is 1. The van der Waals surface area contributed by atoms with Gasteiger partial charge in [0, 0.05) is 42.5 Å². The van der Waals surface area contributed by atoms with Gasteiger partial charge in [-0.2, -0.15) is 0 Å². The summed E-state index contributed by atoms with van der Waals surface area (Å²) in [5.41, 5.74) is 7.14. The molecular weight excluding hydrogens is 408 g/mol. The van der Waals surface area contributed by atoms with E-state index >= 15 is 0 Å². The van der Waals surface area contributed by atoms with Gasteiger partial charge >= 0.3 is 0 Å². The molecule has 3 N–H and O–H groups in total. The third kappa shape index (κ3) is 5.22. The Balaban J connectivity index is 1.36. The van der Waals surface area contributed by atoms with Gasteiger partial charge in [-0.1, -0.05) is 6.07 Å². The van der Waals surface area contributed by atoms with Gasteiger partial charge < -0.3 is 25.4 Å². The molecule has 2 amide bonds. The van der Waals surface area contributed by atoms with Crippen LogP contribution in [-0.2, 0) is 11.3 Å². The number of carbonyl (C=O) groups is 2. The van der Waals surface area contributed by atoms with Crippen LogP contribution in [0.15, 0.2) is 66.9 Å². The second-order valence-electron chi connectivity index (χ2n) is 7.28. The number of ether oxygens (including phenoxy) is 2. The van der Waals surface area contributed by atoms with Gasteiger partial charge in [-0.15, -0.1) is 0 Å². The van der Waals surface area contributed by atoms with Crippen molar-refractivity contribution in [1.82, 2.24) is 10.3 Å². The minimum absolute atomic E-state index is 0.181. The molecule has 2 heterocycles. The summed E-state index contributed by atoms with van der Waals surface area (Å²) < 4.78 is 11.2. The molecule has 8 nitrogen and oxygen atoms in total. The number of hydrogen-bond acceptors (Lipinski definition) is 6. The topological polar surface area (TPSA) is 107 Å².